The van der Waals surface area contributed by atoms with Crippen molar-refractivity contribution < 1.29 is 9.59 Å². The molecule has 2 amide bonds. The minimum Gasteiger partial charge on any atom is -0.351 e. The Morgan fingerprint density at radius 1 is 1.13 bits per heavy atom. The summed E-state index contributed by atoms with van der Waals surface area (Å²) >= 11 is 1.27. The highest BCUT2D eigenvalue weighted by Gasteiger charge is 2.41. The van der Waals surface area contributed by atoms with E-state index in [1.807, 2.05) is 54.6 Å². The molecule has 2 aliphatic heterocycles. The molecule has 0 aliphatic carbocycles. The number of hydrogen-bond donors (Lipinski definition) is 1. The molecule has 30 heavy (non-hydrogen) atoms. The number of nitrogens with one attached hydrogen (secondary N) is 1. The smallest absolute Gasteiger partial charge is 0.259 e. The van der Waals surface area contributed by atoms with Crippen molar-refractivity contribution in [3.8, 4) is 0 Å². The third-order valence-electron chi connectivity index (χ3n) is 4.91. The van der Waals surface area contributed by atoms with Gasteiger partial charge in [0, 0.05) is 12.1 Å². The number of hydrogen-bond acceptors (Lipinski definition) is 5. The van der Waals surface area contributed by atoms with Gasteiger partial charge in [0.25, 0.3) is 5.91 Å². The molecule has 154 valence electrons. The van der Waals surface area contributed by atoms with Crippen molar-refractivity contribution in [2.45, 2.75) is 32.9 Å². The molecule has 2 heterocycles. The van der Waals surface area contributed by atoms with E-state index in [9.17, 15) is 9.59 Å². The van der Waals surface area contributed by atoms with Gasteiger partial charge in [-0.2, -0.15) is 0 Å². The Kier molecular flexibility index (Phi) is 5.99. The zero-order chi connectivity index (χ0) is 21.1. The number of amides is 2. The summed E-state index contributed by atoms with van der Waals surface area (Å²) in [6.45, 7) is 4.64. The molecule has 6 nitrogen and oxygen atoms in total. The Morgan fingerprint density at radius 2 is 1.87 bits per heavy atom. The number of benzene rings is 2. The van der Waals surface area contributed by atoms with Crippen molar-refractivity contribution in [1.29, 1.82) is 0 Å². The fourth-order valence-corrected chi connectivity index (χ4v) is 4.31. The second-order valence-electron chi connectivity index (χ2n) is 7.73. The van der Waals surface area contributed by atoms with Gasteiger partial charge in [-0.25, -0.2) is 9.89 Å². The minimum absolute atomic E-state index is 0.0656. The second-order valence-corrected chi connectivity index (χ2v) is 8.68. The number of rotatable bonds is 6. The predicted octanol–water partition coefficient (Wildman–Crippen LogP) is 3.74. The molecular weight excluding hydrogens is 396 g/mol. The van der Waals surface area contributed by atoms with E-state index in [0.717, 1.165) is 16.8 Å². The lowest BCUT2D eigenvalue weighted by Crippen LogP contribution is -2.41. The summed E-state index contributed by atoms with van der Waals surface area (Å²) in [6, 6.07) is 17.0. The first kappa shape index (κ1) is 20.3. The van der Waals surface area contributed by atoms with Crippen LogP contribution in [0.5, 0.6) is 0 Å². The second kappa shape index (κ2) is 8.83. The Morgan fingerprint density at radius 3 is 2.63 bits per heavy atom. The summed E-state index contributed by atoms with van der Waals surface area (Å²) in [5.74, 6) is 1.01. The molecule has 0 fully saturated rings. The Balaban J connectivity index is 1.49. The van der Waals surface area contributed by atoms with Crippen LogP contribution in [-0.2, 0) is 16.1 Å². The molecule has 7 heteroatoms. The third-order valence-corrected chi connectivity index (χ3v) is 5.85. The molecule has 1 unspecified atom stereocenters. The summed E-state index contributed by atoms with van der Waals surface area (Å²) in [5.41, 5.74) is 2.67. The summed E-state index contributed by atoms with van der Waals surface area (Å²) in [7, 11) is 0. The normalized spacial score (nSPS) is 17.4. The minimum atomic E-state index is -0.399. The largest absolute Gasteiger partial charge is 0.351 e. The third kappa shape index (κ3) is 4.31. The number of aliphatic imine (C=N–C) groups is 2. The number of thioether (sulfide) groups is 1. The maximum absolute atomic E-state index is 13.1. The number of carbonyl (C=O) groups excluding carboxylic acids is 2. The van der Waals surface area contributed by atoms with Crippen molar-refractivity contribution in [3.05, 3.63) is 65.7 Å². The maximum Gasteiger partial charge on any atom is 0.259 e. The van der Waals surface area contributed by atoms with E-state index in [-0.39, 0.29) is 17.6 Å². The van der Waals surface area contributed by atoms with E-state index < -0.39 is 6.04 Å². The van der Waals surface area contributed by atoms with Gasteiger partial charge in [0.1, 0.15) is 11.9 Å². The first-order chi connectivity index (χ1) is 14.5. The van der Waals surface area contributed by atoms with Crippen LogP contribution in [0.25, 0.3) is 0 Å². The molecule has 0 radical (unpaired) electrons. The number of fused-ring (bicyclic) bond motifs is 3. The van der Waals surface area contributed by atoms with Crippen molar-refractivity contribution in [3.63, 3.8) is 0 Å². The topological polar surface area (TPSA) is 74.1 Å². The van der Waals surface area contributed by atoms with Crippen molar-refractivity contribution in [2.75, 3.05) is 5.75 Å². The van der Waals surface area contributed by atoms with Gasteiger partial charge in [-0.15, -0.1) is 0 Å². The van der Waals surface area contributed by atoms with Crippen LogP contribution in [0.15, 0.2) is 64.6 Å². The molecule has 0 saturated heterocycles. The number of amidine groups is 2. The highest BCUT2D eigenvalue weighted by molar-refractivity contribution is 8.14. The number of nitrogens with zero attached hydrogens (tertiary/aromatic N) is 3. The van der Waals surface area contributed by atoms with Crippen LogP contribution >= 0.6 is 11.8 Å². The van der Waals surface area contributed by atoms with E-state index >= 15 is 0 Å². The van der Waals surface area contributed by atoms with Crippen LogP contribution in [0.2, 0.25) is 0 Å². The first-order valence-electron chi connectivity index (χ1n) is 10.1. The fraction of sp³-hybridized carbons (Fsp3) is 0.304. The highest BCUT2D eigenvalue weighted by Crippen LogP contribution is 2.34. The Hall–Kier alpha value is -2.93. The zero-order valence-electron chi connectivity index (χ0n) is 17.0. The van der Waals surface area contributed by atoms with Gasteiger partial charge in [-0.3, -0.25) is 14.6 Å². The summed E-state index contributed by atoms with van der Waals surface area (Å²) < 4.78 is 0. The summed E-state index contributed by atoms with van der Waals surface area (Å²) in [5, 5.41) is 3.43. The molecule has 2 aromatic rings. The van der Waals surface area contributed by atoms with Gasteiger partial charge in [0.2, 0.25) is 5.91 Å². The molecule has 0 saturated carbocycles. The monoisotopic (exact) mass is 420 g/mol. The quantitative estimate of drug-likeness (QED) is 0.774. The van der Waals surface area contributed by atoms with Crippen molar-refractivity contribution in [2.24, 2.45) is 15.9 Å². The number of para-hydroxylation sites is 1. The van der Waals surface area contributed by atoms with E-state index in [1.165, 1.54) is 11.8 Å². The van der Waals surface area contributed by atoms with Crippen LogP contribution in [-0.4, -0.2) is 39.5 Å². The lowest BCUT2D eigenvalue weighted by Gasteiger charge is -2.25. The standard InChI is InChI=1S/C23H24N4O2S/c1-15(2)12-19-22(29)27-21(25-19)17-10-6-7-11-18(17)26-23(27)30-14-20(28)24-13-16-8-4-3-5-9-16/h3-11,15,19H,12-14H2,1-2H3,(H,24,28). The Bertz CT molecular complexity index is 1020. The highest BCUT2D eigenvalue weighted by atomic mass is 32.2. The van der Waals surface area contributed by atoms with Crippen LogP contribution < -0.4 is 5.32 Å². The molecule has 2 aromatic carbocycles. The van der Waals surface area contributed by atoms with E-state index in [4.69, 9.17) is 4.99 Å². The lowest BCUT2D eigenvalue weighted by molar-refractivity contribution is -0.125. The first-order valence-corrected chi connectivity index (χ1v) is 11.0. The van der Waals surface area contributed by atoms with Gasteiger partial charge < -0.3 is 5.32 Å². The average molecular weight is 421 g/mol. The van der Waals surface area contributed by atoms with Crippen LogP contribution in [0.4, 0.5) is 5.69 Å². The lowest BCUT2D eigenvalue weighted by atomic mass is 10.0. The summed E-state index contributed by atoms with van der Waals surface area (Å²) in [4.78, 5) is 36.4. The molecule has 0 spiro atoms. The zero-order valence-corrected chi connectivity index (χ0v) is 17.9. The van der Waals surface area contributed by atoms with Gasteiger partial charge >= 0.3 is 0 Å². The van der Waals surface area contributed by atoms with E-state index in [1.54, 1.807) is 4.90 Å². The molecule has 0 aromatic heterocycles. The average Bonchev–Trinajstić information content (AvgIpc) is 3.07. The van der Waals surface area contributed by atoms with Gasteiger partial charge in [-0.1, -0.05) is 68.1 Å². The molecule has 4 rings (SSSR count). The Labute approximate surface area is 180 Å². The predicted molar refractivity (Wildman–Crippen MR) is 121 cm³/mol. The molecule has 0 bridgehead atoms. The maximum atomic E-state index is 13.1. The molecule has 1 atom stereocenters. The summed E-state index contributed by atoms with van der Waals surface area (Å²) in [6.07, 6.45) is 0.691. The molecular formula is C23H24N4O2S. The molecule has 1 N–H and O–H groups in total. The van der Waals surface area contributed by atoms with Crippen molar-refractivity contribution in [1.82, 2.24) is 10.2 Å². The van der Waals surface area contributed by atoms with Crippen LogP contribution in [0, 0.1) is 5.92 Å². The van der Waals surface area contributed by atoms with Gasteiger partial charge in [0.15, 0.2) is 5.17 Å². The van der Waals surface area contributed by atoms with E-state index in [2.05, 4.69) is 24.2 Å². The number of carbonyl (C=O) groups is 2. The van der Waals surface area contributed by atoms with Crippen LogP contribution in [0.3, 0.4) is 0 Å². The van der Waals surface area contributed by atoms with E-state index in [0.29, 0.717) is 29.9 Å². The SMILES string of the molecule is CC(C)CC1N=C2c3ccccc3N=C(SCC(=O)NCc3ccccc3)N2C1=O. The van der Waals surface area contributed by atoms with Crippen molar-refractivity contribution >= 4 is 40.3 Å². The fourth-order valence-electron chi connectivity index (χ4n) is 3.48. The van der Waals surface area contributed by atoms with Crippen LogP contribution in [0.1, 0.15) is 31.4 Å². The van der Waals surface area contributed by atoms with Gasteiger partial charge in [0.05, 0.1) is 11.4 Å². The van der Waals surface area contributed by atoms with Gasteiger partial charge in [-0.05, 0) is 30.0 Å². The molecule has 2 aliphatic rings.